The molecule has 1 amide bonds. The molecular formula is C28H34N4O2. The fourth-order valence-corrected chi connectivity index (χ4v) is 4.08. The lowest BCUT2D eigenvalue weighted by molar-refractivity contribution is 0.0529. The van der Waals surface area contributed by atoms with Crippen LogP contribution in [0.2, 0.25) is 0 Å². The molecule has 1 aliphatic rings. The van der Waals surface area contributed by atoms with Crippen LogP contribution in [0.1, 0.15) is 44.0 Å². The number of carbonyl (C=O) groups is 1. The van der Waals surface area contributed by atoms with Gasteiger partial charge in [0, 0.05) is 30.8 Å². The second-order valence-corrected chi connectivity index (χ2v) is 9.94. The average molecular weight is 459 g/mol. The SMILES string of the molecule is Cc1ccc(-c2nc3c(nc2-c2ccc(C)cc2)N(CCNC(=O)OC(C)(C)C)CCC3)cc1. The molecule has 0 radical (unpaired) electrons. The van der Waals surface area contributed by atoms with E-state index in [0.29, 0.717) is 13.1 Å². The minimum atomic E-state index is -0.511. The summed E-state index contributed by atoms with van der Waals surface area (Å²) in [4.78, 5) is 24.6. The van der Waals surface area contributed by atoms with Gasteiger partial charge in [0.05, 0.1) is 17.1 Å². The number of fused-ring (bicyclic) bond motifs is 1. The number of rotatable bonds is 5. The summed E-state index contributed by atoms with van der Waals surface area (Å²) in [7, 11) is 0. The van der Waals surface area contributed by atoms with E-state index in [4.69, 9.17) is 14.7 Å². The minimum Gasteiger partial charge on any atom is -0.444 e. The van der Waals surface area contributed by atoms with Crippen LogP contribution in [0.25, 0.3) is 22.5 Å². The van der Waals surface area contributed by atoms with Gasteiger partial charge in [-0.15, -0.1) is 0 Å². The Morgan fingerprint density at radius 1 is 0.941 bits per heavy atom. The predicted molar refractivity (Wildman–Crippen MR) is 137 cm³/mol. The first-order valence-electron chi connectivity index (χ1n) is 12.0. The maximum absolute atomic E-state index is 12.1. The van der Waals surface area contributed by atoms with E-state index >= 15 is 0 Å². The van der Waals surface area contributed by atoms with Gasteiger partial charge in [0.25, 0.3) is 0 Å². The van der Waals surface area contributed by atoms with Crippen LogP contribution in [0.3, 0.4) is 0 Å². The van der Waals surface area contributed by atoms with Gasteiger partial charge in [-0.2, -0.15) is 0 Å². The Morgan fingerprint density at radius 3 is 2.06 bits per heavy atom. The number of benzene rings is 2. The molecule has 4 rings (SSSR count). The van der Waals surface area contributed by atoms with Gasteiger partial charge in [0.15, 0.2) is 5.82 Å². The first-order chi connectivity index (χ1) is 16.2. The molecule has 0 bridgehead atoms. The maximum atomic E-state index is 12.1. The molecule has 0 aliphatic carbocycles. The molecule has 34 heavy (non-hydrogen) atoms. The number of alkyl carbamates (subject to hydrolysis) is 1. The number of amides is 1. The van der Waals surface area contributed by atoms with Crippen molar-refractivity contribution in [2.24, 2.45) is 0 Å². The number of anilines is 1. The summed E-state index contributed by atoms with van der Waals surface area (Å²) < 4.78 is 5.36. The summed E-state index contributed by atoms with van der Waals surface area (Å²) in [6, 6.07) is 16.9. The van der Waals surface area contributed by atoms with Crippen LogP contribution in [-0.2, 0) is 11.2 Å². The zero-order valence-electron chi connectivity index (χ0n) is 20.8. The molecule has 2 heterocycles. The van der Waals surface area contributed by atoms with Crippen molar-refractivity contribution in [3.8, 4) is 22.5 Å². The van der Waals surface area contributed by atoms with Crippen LogP contribution < -0.4 is 10.2 Å². The molecule has 6 nitrogen and oxygen atoms in total. The maximum Gasteiger partial charge on any atom is 0.407 e. The van der Waals surface area contributed by atoms with Crippen molar-refractivity contribution in [3.05, 3.63) is 65.4 Å². The van der Waals surface area contributed by atoms with E-state index in [9.17, 15) is 4.79 Å². The summed E-state index contributed by atoms with van der Waals surface area (Å²) >= 11 is 0. The topological polar surface area (TPSA) is 67.4 Å². The zero-order valence-corrected chi connectivity index (χ0v) is 20.8. The smallest absolute Gasteiger partial charge is 0.407 e. The van der Waals surface area contributed by atoms with E-state index in [1.165, 1.54) is 11.1 Å². The molecule has 0 fully saturated rings. The summed E-state index contributed by atoms with van der Waals surface area (Å²) in [6.07, 6.45) is 1.50. The minimum absolute atomic E-state index is 0.397. The zero-order chi connectivity index (χ0) is 24.3. The second kappa shape index (κ2) is 9.84. The Labute approximate surface area is 202 Å². The highest BCUT2D eigenvalue weighted by Crippen LogP contribution is 2.34. The molecule has 1 N–H and O–H groups in total. The summed E-state index contributed by atoms with van der Waals surface area (Å²) in [5, 5.41) is 2.86. The Balaban J connectivity index is 1.65. The molecule has 6 heteroatoms. The number of aryl methyl sites for hydroxylation is 3. The number of hydrogen-bond acceptors (Lipinski definition) is 5. The van der Waals surface area contributed by atoms with Crippen molar-refractivity contribution in [1.29, 1.82) is 0 Å². The molecule has 178 valence electrons. The number of nitrogens with one attached hydrogen (secondary N) is 1. The molecule has 0 saturated carbocycles. The largest absolute Gasteiger partial charge is 0.444 e. The van der Waals surface area contributed by atoms with Crippen LogP contribution >= 0.6 is 0 Å². The molecule has 0 atom stereocenters. The lowest BCUT2D eigenvalue weighted by atomic mass is 10.0. The Morgan fingerprint density at radius 2 is 1.50 bits per heavy atom. The Hall–Kier alpha value is -3.41. The van der Waals surface area contributed by atoms with Crippen molar-refractivity contribution in [2.75, 3.05) is 24.5 Å². The van der Waals surface area contributed by atoms with E-state index in [1.54, 1.807) is 0 Å². The lowest BCUT2D eigenvalue weighted by Crippen LogP contribution is -2.40. The summed E-state index contributed by atoms with van der Waals surface area (Å²) in [6.45, 7) is 11.8. The molecule has 1 aromatic heterocycles. The molecule has 2 aromatic carbocycles. The first kappa shape index (κ1) is 23.7. The normalized spacial score (nSPS) is 13.4. The van der Waals surface area contributed by atoms with Gasteiger partial charge in [0.1, 0.15) is 5.60 Å². The molecule has 3 aromatic rings. The number of ether oxygens (including phenoxy) is 1. The third-order valence-electron chi connectivity index (χ3n) is 5.79. The predicted octanol–water partition coefficient (Wildman–Crippen LogP) is 5.70. The number of nitrogens with zero attached hydrogens (tertiary/aromatic N) is 3. The first-order valence-corrected chi connectivity index (χ1v) is 12.0. The molecule has 0 spiro atoms. The van der Waals surface area contributed by atoms with E-state index in [-0.39, 0.29) is 0 Å². The Kier molecular flexibility index (Phi) is 6.87. The van der Waals surface area contributed by atoms with Gasteiger partial charge in [-0.3, -0.25) is 0 Å². The monoisotopic (exact) mass is 458 g/mol. The van der Waals surface area contributed by atoms with Gasteiger partial charge in [-0.1, -0.05) is 59.7 Å². The number of carbonyl (C=O) groups excluding carboxylic acids is 1. The molecule has 0 unspecified atom stereocenters. The molecule has 0 saturated heterocycles. The van der Waals surface area contributed by atoms with Crippen LogP contribution in [0.15, 0.2) is 48.5 Å². The van der Waals surface area contributed by atoms with E-state index in [0.717, 1.165) is 53.4 Å². The highest BCUT2D eigenvalue weighted by Gasteiger charge is 2.24. The summed E-state index contributed by atoms with van der Waals surface area (Å²) in [5.74, 6) is 0.906. The fraction of sp³-hybridized carbons (Fsp3) is 0.393. The van der Waals surface area contributed by atoms with E-state index in [1.807, 2.05) is 20.8 Å². The third kappa shape index (κ3) is 5.74. The Bertz CT molecular complexity index is 1150. The summed E-state index contributed by atoms with van der Waals surface area (Å²) in [5.41, 5.74) is 6.84. The number of aromatic nitrogens is 2. The average Bonchev–Trinajstić information content (AvgIpc) is 2.78. The fourth-order valence-electron chi connectivity index (χ4n) is 4.08. The van der Waals surface area contributed by atoms with Gasteiger partial charge >= 0.3 is 6.09 Å². The van der Waals surface area contributed by atoms with E-state index < -0.39 is 11.7 Å². The van der Waals surface area contributed by atoms with Crippen molar-refractivity contribution in [2.45, 2.75) is 53.1 Å². The lowest BCUT2D eigenvalue weighted by Gasteiger charge is -2.30. The third-order valence-corrected chi connectivity index (χ3v) is 5.79. The highest BCUT2D eigenvalue weighted by atomic mass is 16.6. The molecular weight excluding hydrogens is 424 g/mol. The quantitative estimate of drug-likeness (QED) is 0.531. The van der Waals surface area contributed by atoms with Crippen molar-refractivity contribution >= 4 is 11.9 Å². The van der Waals surface area contributed by atoms with Crippen molar-refractivity contribution in [3.63, 3.8) is 0 Å². The number of hydrogen-bond donors (Lipinski definition) is 1. The van der Waals surface area contributed by atoms with Crippen LogP contribution in [0.4, 0.5) is 10.6 Å². The van der Waals surface area contributed by atoms with Gasteiger partial charge in [-0.25, -0.2) is 14.8 Å². The standard InChI is InChI=1S/C28H34N4O2/c1-19-8-12-21(13-9-19)24-25(22-14-10-20(2)11-15-22)31-26-23(30-24)7-6-17-32(26)18-16-29-27(33)34-28(3,4)5/h8-15H,6-7,16-18H2,1-5H3,(H,29,33). The van der Waals surface area contributed by atoms with Gasteiger partial charge in [-0.05, 0) is 47.5 Å². The molecule has 1 aliphatic heterocycles. The van der Waals surface area contributed by atoms with Crippen LogP contribution in [0, 0.1) is 13.8 Å². The van der Waals surface area contributed by atoms with Crippen LogP contribution in [0.5, 0.6) is 0 Å². The van der Waals surface area contributed by atoms with Crippen molar-refractivity contribution < 1.29 is 9.53 Å². The second-order valence-electron chi connectivity index (χ2n) is 9.94. The van der Waals surface area contributed by atoms with Gasteiger partial charge < -0.3 is 15.0 Å². The highest BCUT2D eigenvalue weighted by molar-refractivity contribution is 5.80. The van der Waals surface area contributed by atoms with E-state index in [2.05, 4.69) is 72.6 Å². The van der Waals surface area contributed by atoms with Crippen LogP contribution in [-0.4, -0.2) is 41.3 Å². The van der Waals surface area contributed by atoms with Gasteiger partial charge in [0.2, 0.25) is 0 Å². The van der Waals surface area contributed by atoms with Crippen molar-refractivity contribution in [1.82, 2.24) is 15.3 Å².